The van der Waals surface area contributed by atoms with Crippen molar-refractivity contribution >= 4 is 49.4 Å². The molecule has 1 aromatic rings. The zero-order chi connectivity index (χ0) is 23.1. The summed E-state index contributed by atoms with van der Waals surface area (Å²) in [5, 5.41) is 8.41. The lowest BCUT2D eigenvalue weighted by molar-refractivity contribution is -0.133. The topological polar surface area (TPSA) is 108 Å². The SMILES string of the molecule is CC(C)(C)OC(=O)N1C[C@H](S(=O)(=O)c2ccc(Br)cc2Cl)C[C@H]1C(=O)N(C#N)C1CC1. The van der Waals surface area contributed by atoms with Crippen LogP contribution in [0.1, 0.15) is 40.0 Å². The minimum absolute atomic E-state index is 0.0459. The van der Waals surface area contributed by atoms with Crippen LogP contribution < -0.4 is 0 Å². The average molecular weight is 533 g/mol. The van der Waals surface area contributed by atoms with E-state index in [2.05, 4.69) is 15.9 Å². The number of halogens is 2. The van der Waals surface area contributed by atoms with Crippen molar-refractivity contribution < 1.29 is 22.7 Å². The molecule has 2 amide bonds. The molecule has 8 nitrogen and oxygen atoms in total. The van der Waals surface area contributed by atoms with E-state index in [0.717, 1.165) is 9.80 Å². The van der Waals surface area contributed by atoms with Crippen molar-refractivity contribution in [2.24, 2.45) is 0 Å². The monoisotopic (exact) mass is 531 g/mol. The van der Waals surface area contributed by atoms with Crippen molar-refractivity contribution in [3.8, 4) is 6.19 Å². The van der Waals surface area contributed by atoms with Gasteiger partial charge in [-0.3, -0.25) is 9.69 Å². The van der Waals surface area contributed by atoms with Gasteiger partial charge in [0.05, 0.1) is 15.2 Å². The number of hydrogen-bond acceptors (Lipinski definition) is 6. The Kier molecular flexibility index (Phi) is 6.61. The molecule has 1 saturated carbocycles. The molecule has 0 bridgehead atoms. The number of nitrogens with zero attached hydrogens (tertiary/aromatic N) is 3. The van der Waals surface area contributed by atoms with Gasteiger partial charge >= 0.3 is 6.09 Å². The number of sulfone groups is 1. The van der Waals surface area contributed by atoms with E-state index in [1.165, 1.54) is 12.1 Å². The van der Waals surface area contributed by atoms with Gasteiger partial charge in [0, 0.05) is 17.1 Å². The summed E-state index contributed by atoms with van der Waals surface area (Å²) >= 11 is 9.41. The summed E-state index contributed by atoms with van der Waals surface area (Å²) in [6, 6.07) is 3.12. The van der Waals surface area contributed by atoms with Gasteiger partial charge in [-0.2, -0.15) is 5.26 Å². The highest BCUT2D eigenvalue weighted by Crippen LogP contribution is 2.35. The van der Waals surface area contributed by atoms with Crippen LogP contribution in [-0.2, 0) is 19.4 Å². The Morgan fingerprint density at radius 3 is 2.48 bits per heavy atom. The first-order valence-corrected chi connectivity index (χ1v) is 12.5. The second-order valence-electron chi connectivity index (χ2n) is 8.67. The number of rotatable bonds is 4. The number of ether oxygens (including phenoxy) is 1. The van der Waals surface area contributed by atoms with E-state index in [0.29, 0.717) is 17.3 Å². The van der Waals surface area contributed by atoms with E-state index in [1.807, 2.05) is 6.19 Å². The number of likely N-dealkylation sites (tertiary alicyclic amines) is 1. The Labute approximate surface area is 195 Å². The maximum absolute atomic E-state index is 13.3. The molecule has 0 N–H and O–H groups in total. The van der Waals surface area contributed by atoms with Crippen molar-refractivity contribution in [2.75, 3.05) is 6.54 Å². The average Bonchev–Trinajstić information content (AvgIpc) is 3.36. The molecule has 3 rings (SSSR count). The summed E-state index contributed by atoms with van der Waals surface area (Å²) < 4.78 is 32.6. The number of hydrogen-bond donors (Lipinski definition) is 0. The van der Waals surface area contributed by atoms with Crippen molar-refractivity contribution in [3.63, 3.8) is 0 Å². The molecule has 11 heteroatoms. The van der Waals surface area contributed by atoms with Gasteiger partial charge in [-0.1, -0.05) is 27.5 Å². The van der Waals surface area contributed by atoms with E-state index < -0.39 is 38.7 Å². The van der Waals surface area contributed by atoms with E-state index in [-0.39, 0.29) is 28.9 Å². The first kappa shape index (κ1) is 23.8. The third kappa shape index (κ3) is 5.16. The van der Waals surface area contributed by atoms with Crippen LogP contribution in [0.2, 0.25) is 5.02 Å². The highest BCUT2D eigenvalue weighted by atomic mass is 79.9. The maximum atomic E-state index is 13.3. The lowest BCUT2D eigenvalue weighted by atomic mass is 10.2. The summed E-state index contributed by atoms with van der Waals surface area (Å²) in [4.78, 5) is 28.0. The highest BCUT2D eigenvalue weighted by Gasteiger charge is 2.49. The number of amides is 2. The highest BCUT2D eigenvalue weighted by molar-refractivity contribution is 9.10. The molecule has 2 fully saturated rings. The first-order chi connectivity index (χ1) is 14.3. The smallest absolute Gasteiger partial charge is 0.411 e. The summed E-state index contributed by atoms with van der Waals surface area (Å²) in [5.41, 5.74) is -0.831. The van der Waals surface area contributed by atoms with Crippen LogP contribution in [0.25, 0.3) is 0 Å². The Bertz CT molecular complexity index is 1050. The van der Waals surface area contributed by atoms with Crippen LogP contribution in [0, 0.1) is 11.5 Å². The van der Waals surface area contributed by atoms with Gasteiger partial charge in [0.2, 0.25) is 0 Å². The Morgan fingerprint density at radius 1 is 1.32 bits per heavy atom. The predicted molar refractivity (Wildman–Crippen MR) is 117 cm³/mol. The first-order valence-electron chi connectivity index (χ1n) is 9.76. The minimum atomic E-state index is -3.96. The number of benzene rings is 1. The second kappa shape index (κ2) is 8.60. The fourth-order valence-corrected chi connectivity index (χ4v) is 6.20. The normalized spacial score (nSPS) is 21.5. The Hall–Kier alpha value is -1.83. The van der Waals surface area contributed by atoms with Crippen molar-refractivity contribution in [2.45, 2.75) is 67.9 Å². The van der Waals surface area contributed by atoms with Crippen molar-refractivity contribution in [1.29, 1.82) is 5.26 Å². The van der Waals surface area contributed by atoms with Gasteiger partial charge in [-0.15, -0.1) is 0 Å². The summed E-state index contributed by atoms with van der Waals surface area (Å²) in [5.74, 6) is -0.588. The molecule has 168 valence electrons. The molecular weight excluding hydrogens is 510 g/mol. The molecule has 2 atom stereocenters. The van der Waals surface area contributed by atoms with Crippen LogP contribution in [0.15, 0.2) is 27.6 Å². The summed E-state index contributed by atoms with van der Waals surface area (Å²) in [6.45, 7) is 4.81. The van der Waals surface area contributed by atoms with Crippen molar-refractivity contribution in [3.05, 3.63) is 27.7 Å². The molecule has 0 radical (unpaired) electrons. The lowest BCUT2D eigenvalue weighted by Gasteiger charge is -2.29. The van der Waals surface area contributed by atoms with E-state index >= 15 is 0 Å². The zero-order valence-electron chi connectivity index (χ0n) is 17.3. The molecule has 1 aliphatic heterocycles. The standard InChI is InChI=1S/C20H23BrClN3O5S/c1-20(2,3)30-19(27)24-10-14(9-16(24)18(26)25(11-23)13-5-6-13)31(28,29)17-7-4-12(21)8-15(17)22/h4,7-8,13-14,16H,5-6,9-10H2,1-3H3/t14-,16+/m1/s1. The maximum Gasteiger partial charge on any atom is 0.411 e. The second-order valence-corrected chi connectivity index (χ2v) is 12.2. The van der Waals surface area contributed by atoms with Gasteiger partial charge in [-0.25, -0.2) is 18.1 Å². The van der Waals surface area contributed by atoms with Gasteiger partial charge in [0.15, 0.2) is 16.0 Å². The fraction of sp³-hybridized carbons (Fsp3) is 0.550. The fourth-order valence-electron chi connectivity index (χ4n) is 3.47. The van der Waals surface area contributed by atoms with Crippen LogP contribution in [0.3, 0.4) is 0 Å². The number of carbonyl (C=O) groups excluding carboxylic acids is 2. The molecule has 1 saturated heterocycles. The molecule has 2 aliphatic rings. The van der Waals surface area contributed by atoms with E-state index in [4.69, 9.17) is 16.3 Å². The summed E-state index contributed by atoms with van der Waals surface area (Å²) in [7, 11) is -3.96. The predicted octanol–water partition coefficient (Wildman–Crippen LogP) is 3.73. The quantitative estimate of drug-likeness (QED) is 0.432. The molecule has 0 unspecified atom stereocenters. The molecule has 31 heavy (non-hydrogen) atoms. The van der Waals surface area contributed by atoms with E-state index in [9.17, 15) is 23.3 Å². The van der Waals surface area contributed by atoms with Gasteiger partial charge in [-0.05, 0) is 58.2 Å². The lowest BCUT2D eigenvalue weighted by Crippen LogP contribution is -2.48. The molecule has 0 aromatic heterocycles. The third-order valence-corrected chi connectivity index (χ3v) is 8.18. The zero-order valence-corrected chi connectivity index (χ0v) is 20.5. The van der Waals surface area contributed by atoms with Crippen LogP contribution >= 0.6 is 27.5 Å². The van der Waals surface area contributed by atoms with Gasteiger partial charge in [0.1, 0.15) is 11.6 Å². The largest absolute Gasteiger partial charge is 0.444 e. The third-order valence-electron chi connectivity index (χ3n) is 5.07. The molecule has 1 aliphatic carbocycles. The van der Waals surface area contributed by atoms with Crippen molar-refractivity contribution in [1.82, 2.24) is 9.80 Å². The molecule has 1 heterocycles. The molecule has 0 spiro atoms. The minimum Gasteiger partial charge on any atom is -0.444 e. The number of carbonyl (C=O) groups is 2. The molecular formula is C20H23BrClN3O5S. The van der Waals surface area contributed by atoms with Crippen LogP contribution in [0.4, 0.5) is 4.79 Å². The van der Waals surface area contributed by atoms with Gasteiger partial charge < -0.3 is 4.74 Å². The van der Waals surface area contributed by atoms with Gasteiger partial charge in [0.25, 0.3) is 5.91 Å². The molecule has 1 aromatic carbocycles. The van der Waals surface area contributed by atoms with Crippen LogP contribution in [-0.4, -0.2) is 59.7 Å². The van der Waals surface area contributed by atoms with E-state index in [1.54, 1.807) is 26.8 Å². The van der Waals surface area contributed by atoms with Crippen LogP contribution in [0.5, 0.6) is 0 Å². The Balaban J connectivity index is 1.94. The summed E-state index contributed by atoms with van der Waals surface area (Å²) in [6.07, 6.45) is 2.35. The Morgan fingerprint density at radius 2 is 1.97 bits per heavy atom. The number of nitriles is 1.